The molecule has 1 aromatic carbocycles. The smallest absolute Gasteiger partial charge is 0.268 e. The number of carbonyl (C=O) groups excluding carboxylic acids is 1. The third-order valence-corrected chi connectivity index (χ3v) is 3.54. The summed E-state index contributed by atoms with van der Waals surface area (Å²) in [7, 11) is 0. The number of rotatable bonds is 0. The van der Waals surface area contributed by atoms with Crippen molar-refractivity contribution in [3.8, 4) is 5.75 Å². The molecule has 0 atom stereocenters. The van der Waals surface area contributed by atoms with Crippen LogP contribution in [-0.4, -0.2) is 11.5 Å². The van der Waals surface area contributed by atoms with Crippen LogP contribution in [0.3, 0.4) is 0 Å². The molecule has 14 heavy (non-hydrogen) atoms. The van der Waals surface area contributed by atoms with Crippen molar-refractivity contribution in [3.05, 3.63) is 21.8 Å². The van der Waals surface area contributed by atoms with Crippen molar-refractivity contribution in [2.75, 3.05) is 5.32 Å². The van der Waals surface area contributed by atoms with Gasteiger partial charge < -0.3 is 10.1 Å². The van der Waals surface area contributed by atoms with E-state index in [1.54, 1.807) is 0 Å². The number of carbonyl (C=O) groups is 1. The Balaban J connectivity index is 2.11. The first-order valence-electron chi connectivity index (χ1n) is 4.50. The second kappa shape index (κ2) is 2.62. The number of anilines is 1. The highest BCUT2D eigenvalue weighted by molar-refractivity contribution is 14.1. The van der Waals surface area contributed by atoms with Gasteiger partial charge in [-0.3, -0.25) is 4.79 Å². The van der Waals surface area contributed by atoms with Gasteiger partial charge in [-0.25, -0.2) is 0 Å². The molecule has 1 amide bonds. The van der Waals surface area contributed by atoms with Gasteiger partial charge in [-0.05, 0) is 34.7 Å². The average molecular weight is 301 g/mol. The molecule has 1 spiro atoms. The number of ether oxygens (including phenoxy) is 1. The van der Waals surface area contributed by atoms with Gasteiger partial charge in [0.1, 0.15) is 5.75 Å². The standard InChI is InChI=1S/C10H8INO2/c11-6-2-1-3-7-8(6)12-9(13)10(14-7)4-5-10/h1-3H,4-5H2,(H,12,13). The van der Waals surface area contributed by atoms with Gasteiger partial charge >= 0.3 is 0 Å². The molecule has 3 rings (SSSR count). The average Bonchev–Trinajstić information content (AvgIpc) is 2.91. The van der Waals surface area contributed by atoms with Crippen LogP contribution in [0.15, 0.2) is 18.2 Å². The first-order valence-corrected chi connectivity index (χ1v) is 5.58. The van der Waals surface area contributed by atoms with Crippen molar-refractivity contribution in [1.29, 1.82) is 0 Å². The van der Waals surface area contributed by atoms with E-state index in [9.17, 15) is 4.79 Å². The van der Waals surface area contributed by atoms with Gasteiger partial charge in [0.15, 0.2) is 5.60 Å². The number of hydrogen-bond donors (Lipinski definition) is 1. The first kappa shape index (κ1) is 8.52. The molecular formula is C10H8INO2. The second-order valence-electron chi connectivity index (χ2n) is 3.66. The molecule has 1 aliphatic heterocycles. The van der Waals surface area contributed by atoms with E-state index >= 15 is 0 Å². The van der Waals surface area contributed by atoms with Crippen LogP contribution in [0, 0.1) is 3.57 Å². The van der Waals surface area contributed by atoms with E-state index in [1.807, 2.05) is 18.2 Å². The Bertz CT molecular complexity index is 426. The summed E-state index contributed by atoms with van der Waals surface area (Å²) in [6.45, 7) is 0. The summed E-state index contributed by atoms with van der Waals surface area (Å²) in [5.74, 6) is 0.808. The third-order valence-electron chi connectivity index (χ3n) is 2.64. The van der Waals surface area contributed by atoms with Crippen molar-refractivity contribution in [2.24, 2.45) is 0 Å². The van der Waals surface area contributed by atoms with Crippen LogP contribution in [0.2, 0.25) is 0 Å². The number of amides is 1. The predicted molar refractivity (Wildman–Crippen MR) is 60.4 cm³/mol. The maximum absolute atomic E-state index is 11.7. The molecule has 72 valence electrons. The lowest BCUT2D eigenvalue weighted by Crippen LogP contribution is -2.39. The monoisotopic (exact) mass is 301 g/mol. The quantitative estimate of drug-likeness (QED) is 0.746. The molecule has 1 heterocycles. The molecule has 1 saturated carbocycles. The van der Waals surface area contributed by atoms with Crippen LogP contribution in [-0.2, 0) is 4.79 Å². The fourth-order valence-corrected chi connectivity index (χ4v) is 2.25. The minimum absolute atomic E-state index is 0.00844. The van der Waals surface area contributed by atoms with Gasteiger partial charge in [-0.2, -0.15) is 0 Å². The molecular weight excluding hydrogens is 293 g/mol. The summed E-state index contributed by atoms with van der Waals surface area (Å²) in [6.07, 6.45) is 1.67. The van der Waals surface area contributed by atoms with Gasteiger partial charge in [0, 0.05) is 16.4 Å². The molecule has 0 unspecified atom stereocenters. The molecule has 0 radical (unpaired) electrons. The largest absolute Gasteiger partial charge is 0.475 e. The van der Waals surface area contributed by atoms with Gasteiger partial charge in [-0.15, -0.1) is 0 Å². The Hall–Kier alpha value is -0.780. The molecule has 1 aliphatic carbocycles. The van der Waals surface area contributed by atoms with Crippen LogP contribution < -0.4 is 10.1 Å². The van der Waals surface area contributed by atoms with Crippen molar-refractivity contribution >= 4 is 34.2 Å². The molecule has 1 fully saturated rings. The summed E-state index contributed by atoms with van der Waals surface area (Å²) in [5, 5.41) is 2.91. The Morgan fingerprint density at radius 1 is 1.43 bits per heavy atom. The van der Waals surface area contributed by atoms with E-state index in [0.29, 0.717) is 0 Å². The Morgan fingerprint density at radius 3 is 2.93 bits per heavy atom. The van der Waals surface area contributed by atoms with E-state index in [1.165, 1.54) is 0 Å². The molecule has 2 aliphatic rings. The van der Waals surface area contributed by atoms with Crippen LogP contribution in [0.25, 0.3) is 0 Å². The third kappa shape index (κ3) is 1.06. The lowest BCUT2D eigenvalue weighted by Gasteiger charge is -2.26. The van der Waals surface area contributed by atoms with Crippen molar-refractivity contribution in [3.63, 3.8) is 0 Å². The molecule has 0 bridgehead atoms. The number of benzene rings is 1. The molecule has 4 heteroatoms. The molecule has 0 saturated heterocycles. The molecule has 1 N–H and O–H groups in total. The van der Waals surface area contributed by atoms with E-state index in [4.69, 9.17) is 4.74 Å². The fraction of sp³-hybridized carbons (Fsp3) is 0.300. The maximum Gasteiger partial charge on any atom is 0.268 e. The molecule has 3 nitrogen and oxygen atoms in total. The van der Waals surface area contributed by atoms with Crippen LogP contribution in [0.1, 0.15) is 12.8 Å². The van der Waals surface area contributed by atoms with Crippen molar-refractivity contribution in [2.45, 2.75) is 18.4 Å². The van der Waals surface area contributed by atoms with Gasteiger partial charge in [0.2, 0.25) is 0 Å². The van der Waals surface area contributed by atoms with E-state index < -0.39 is 5.60 Å². The number of fused-ring (bicyclic) bond motifs is 1. The zero-order valence-electron chi connectivity index (χ0n) is 7.34. The topological polar surface area (TPSA) is 38.3 Å². The summed E-state index contributed by atoms with van der Waals surface area (Å²) in [6, 6.07) is 5.79. The highest BCUT2D eigenvalue weighted by Gasteiger charge is 2.55. The van der Waals surface area contributed by atoms with Gasteiger partial charge in [0.05, 0.1) is 5.69 Å². The second-order valence-corrected chi connectivity index (χ2v) is 4.83. The number of nitrogens with one attached hydrogen (secondary N) is 1. The summed E-state index contributed by atoms with van der Waals surface area (Å²) in [4.78, 5) is 11.7. The highest BCUT2D eigenvalue weighted by atomic mass is 127. The maximum atomic E-state index is 11.7. The van der Waals surface area contributed by atoms with E-state index in [0.717, 1.165) is 27.8 Å². The Labute approximate surface area is 95.0 Å². The minimum Gasteiger partial charge on any atom is -0.475 e. The highest BCUT2D eigenvalue weighted by Crippen LogP contribution is 2.47. The SMILES string of the molecule is O=C1Nc2c(I)cccc2OC12CC2. The Morgan fingerprint density at radius 2 is 2.21 bits per heavy atom. The first-order chi connectivity index (χ1) is 6.71. The van der Waals surface area contributed by atoms with Crippen LogP contribution in [0.4, 0.5) is 5.69 Å². The Kier molecular flexibility index (Phi) is 1.60. The number of halogens is 1. The lowest BCUT2D eigenvalue weighted by molar-refractivity contribution is -0.125. The zero-order valence-corrected chi connectivity index (χ0v) is 9.50. The van der Waals surface area contributed by atoms with Crippen LogP contribution >= 0.6 is 22.6 Å². The lowest BCUT2D eigenvalue weighted by atomic mass is 10.2. The summed E-state index contributed by atoms with van der Waals surface area (Å²) < 4.78 is 6.72. The molecule has 1 aromatic rings. The van der Waals surface area contributed by atoms with Crippen LogP contribution in [0.5, 0.6) is 5.75 Å². The van der Waals surface area contributed by atoms with Crippen molar-refractivity contribution < 1.29 is 9.53 Å². The van der Waals surface area contributed by atoms with Gasteiger partial charge in [0.25, 0.3) is 5.91 Å². The zero-order chi connectivity index (χ0) is 9.76. The fourth-order valence-electron chi connectivity index (χ4n) is 1.64. The van der Waals surface area contributed by atoms with Crippen molar-refractivity contribution in [1.82, 2.24) is 0 Å². The summed E-state index contributed by atoms with van der Waals surface area (Å²) in [5.41, 5.74) is 0.285. The number of para-hydroxylation sites is 1. The van der Waals surface area contributed by atoms with E-state index in [-0.39, 0.29) is 5.91 Å². The number of hydrogen-bond acceptors (Lipinski definition) is 2. The van der Waals surface area contributed by atoms with E-state index in [2.05, 4.69) is 27.9 Å². The predicted octanol–water partition coefficient (Wildman–Crippen LogP) is 2.15. The minimum atomic E-state index is -0.530. The normalized spacial score (nSPS) is 21.1. The summed E-state index contributed by atoms with van der Waals surface area (Å²) >= 11 is 2.19. The van der Waals surface area contributed by atoms with Gasteiger partial charge in [-0.1, -0.05) is 6.07 Å². The molecule has 0 aromatic heterocycles.